The van der Waals surface area contributed by atoms with Gasteiger partial charge in [-0.25, -0.2) is 0 Å². The van der Waals surface area contributed by atoms with Crippen molar-refractivity contribution in [2.24, 2.45) is 0 Å². The number of hydrogen-bond donors (Lipinski definition) is 0. The molecule has 1 aromatic rings. The lowest BCUT2D eigenvalue weighted by Crippen LogP contribution is -2.40. The Balaban J connectivity index is 2.69. The SMILES string of the molecule is CC(C)(C)[Si](C)(C)OCCC#Cc1cc(Br)c(C#CCCO[Si](C)(C)C(C)(C)C)cc1Br. The predicted molar refractivity (Wildman–Crippen MR) is 151 cm³/mol. The van der Waals surface area contributed by atoms with Crippen molar-refractivity contribution in [2.45, 2.75) is 90.6 Å². The van der Waals surface area contributed by atoms with Crippen LogP contribution in [0.25, 0.3) is 0 Å². The van der Waals surface area contributed by atoms with Crippen LogP contribution in [-0.4, -0.2) is 29.8 Å². The molecule has 0 aliphatic carbocycles. The van der Waals surface area contributed by atoms with Gasteiger partial charge in [-0.05, 0) is 80.3 Å². The topological polar surface area (TPSA) is 18.5 Å². The van der Waals surface area contributed by atoms with E-state index in [9.17, 15) is 0 Å². The molecule has 6 heteroatoms. The van der Waals surface area contributed by atoms with Crippen LogP contribution in [0.4, 0.5) is 0 Å². The van der Waals surface area contributed by atoms with E-state index in [-0.39, 0.29) is 10.1 Å². The molecule has 0 aliphatic rings. The molecule has 0 fully saturated rings. The summed E-state index contributed by atoms with van der Waals surface area (Å²) in [5.74, 6) is 13.0. The summed E-state index contributed by atoms with van der Waals surface area (Å²) in [6.45, 7) is 24.0. The molecule has 0 spiro atoms. The summed E-state index contributed by atoms with van der Waals surface area (Å²) < 4.78 is 14.3. The molecule has 1 aromatic carbocycles. The van der Waals surface area contributed by atoms with Crippen LogP contribution in [0.5, 0.6) is 0 Å². The van der Waals surface area contributed by atoms with Crippen LogP contribution in [0.3, 0.4) is 0 Å². The first-order chi connectivity index (χ1) is 14.5. The fraction of sp³-hybridized carbons (Fsp3) is 0.615. The third kappa shape index (κ3) is 9.13. The molecule has 0 saturated carbocycles. The van der Waals surface area contributed by atoms with Gasteiger partial charge in [-0.3, -0.25) is 0 Å². The van der Waals surface area contributed by atoms with Gasteiger partial charge >= 0.3 is 0 Å². The van der Waals surface area contributed by atoms with Gasteiger partial charge in [-0.1, -0.05) is 65.2 Å². The minimum Gasteiger partial charge on any atom is -0.416 e. The second kappa shape index (κ2) is 11.9. The van der Waals surface area contributed by atoms with Gasteiger partial charge in [-0.15, -0.1) is 0 Å². The molecule has 0 aliphatic heterocycles. The number of hydrogen-bond acceptors (Lipinski definition) is 2. The molecule has 1 rings (SSSR count). The Kier molecular flexibility index (Phi) is 11.0. The maximum absolute atomic E-state index is 6.20. The first kappa shape index (κ1) is 29.7. The molecule has 2 nitrogen and oxygen atoms in total. The van der Waals surface area contributed by atoms with Crippen LogP contribution < -0.4 is 0 Å². The molecule has 32 heavy (non-hydrogen) atoms. The Labute approximate surface area is 216 Å². The largest absolute Gasteiger partial charge is 0.416 e. The maximum Gasteiger partial charge on any atom is 0.192 e. The van der Waals surface area contributed by atoms with E-state index in [1.165, 1.54) is 0 Å². The molecule has 178 valence electrons. The maximum atomic E-state index is 6.20. The van der Waals surface area contributed by atoms with Crippen LogP contribution in [0.1, 0.15) is 65.5 Å². The number of benzene rings is 1. The van der Waals surface area contributed by atoms with Crippen molar-refractivity contribution in [2.75, 3.05) is 13.2 Å². The zero-order valence-corrected chi connectivity index (χ0v) is 26.7. The Bertz CT molecular complexity index is 827. The first-order valence-electron chi connectivity index (χ1n) is 11.2. The van der Waals surface area contributed by atoms with Gasteiger partial charge < -0.3 is 8.85 Å². The van der Waals surface area contributed by atoms with E-state index in [2.05, 4.69) is 123 Å². The van der Waals surface area contributed by atoms with E-state index in [1.54, 1.807) is 0 Å². The summed E-state index contributed by atoms with van der Waals surface area (Å²) in [5.41, 5.74) is 1.91. The van der Waals surface area contributed by atoms with Crippen molar-refractivity contribution < 1.29 is 8.85 Å². The van der Waals surface area contributed by atoms with Crippen LogP contribution in [0.2, 0.25) is 36.3 Å². The van der Waals surface area contributed by atoms with Gasteiger partial charge in [0.1, 0.15) is 0 Å². The van der Waals surface area contributed by atoms with E-state index < -0.39 is 16.6 Å². The highest BCUT2D eigenvalue weighted by Crippen LogP contribution is 2.37. The van der Waals surface area contributed by atoms with Gasteiger partial charge in [0.05, 0.1) is 0 Å². The third-order valence-electron chi connectivity index (χ3n) is 6.50. The normalized spacial score (nSPS) is 12.6. The fourth-order valence-electron chi connectivity index (χ4n) is 2.20. The van der Waals surface area contributed by atoms with Crippen molar-refractivity contribution in [3.05, 3.63) is 32.2 Å². The molecule has 0 radical (unpaired) electrons. The Morgan fingerprint density at radius 3 is 1.28 bits per heavy atom. The van der Waals surface area contributed by atoms with E-state index in [0.717, 1.165) is 32.9 Å². The lowest BCUT2D eigenvalue weighted by Gasteiger charge is -2.35. The van der Waals surface area contributed by atoms with Crippen LogP contribution in [0, 0.1) is 23.7 Å². The van der Waals surface area contributed by atoms with Gasteiger partial charge in [-0.2, -0.15) is 0 Å². The molecule has 0 bridgehead atoms. The lowest BCUT2D eigenvalue weighted by molar-refractivity contribution is 0.296. The summed E-state index contributed by atoms with van der Waals surface area (Å²) >= 11 is 7.29. The molecule has 0 N–H and O–H groups in total. The van der Waals surface area contributed by atoms with E-state index in [1.807, 2.05) is 12.1 Å². The van der Waals surface area contributed by atoms with Crippen molar-refractivity contribution >= 4 is 48.5 Å². The number of halogens is 2. The minimum absolute atomic E-state index is 0.224. The lowest BCUT2D eigenvalue weighted by atomic mass is 10.1. The Morgan fingerprint density at radius 2 is 1.00 bits per heavy atom. The van der Waals surface area contributed by atoms with Crippen molar-refractivity contribution in [1.82, 2.24) is 0 Å². The Hall–Kier alpha value is -0.346. The van der Waals surface area contributed by atoms with Crippen LogP contribution >= 0.6 is 31.9 Å². The average Bonchev–Trinajstić information content (AvgIpc) is 2.62. The molecule has 0 heterocycles. The fourth-order valence-corrected chi connectivity index (χ4v) is 5.18. The van der Waals surface area contributed by atoms with Crippen LogP contribution in [-0.2, 0) is 8.85 Å². The highest BCUT2D eigenvalue weighted by Gasteiger charge is 2.37. The van der Waals surface area contributed by atoms with E-state index in [0.29, 0.717) is 13.2 Å². The minimum atomic E-state index is -1.71. The smallest absolute Gasteiger partial charge is 0.192 e. The standard InChI is InChI=1S/C26H40Br2O2Si2/c1-25(2,3)31(7,8)29-17-13-11-15-21-19-24(28)22(20-23(21)27)16-12-14-18-30-32(9,10)26(4,5)6/h19-20H,13-14,17-18H2,1-10H3. The zero-order chi connectivity index (χ0) is 24.8. The highest BCUT2D eigenvalue weighted by atomic mass is 79.9. The summed E-state index contributed by atoms with van der Waals surface area (Å²) in [6, 6.07) is 4.06. The first-order valence-corrected chi connectivity index (χ1v) is 18.6. The second-order valence-electron chi connectivity index (χ2n) is 11.1. The predicted octanol–water partition coefficient (Wildman–Crippen LogP) is 8.74. The van der Waals surface area contributed by atoms with Gasteiger partial charge in [0.2, 0.25) is 0 Å². The summed E-state index contributed by atoms with van der Waals surface area (Å²) in [6.07, 6.45) is 1.46. The summed E-state index contributed by atoms with van der Waals surface area (Å²) in [5, 5.41) is 0.449. The average molecular weight is 601 g/mol. The quantitative estimate of drug-likeness (QED) is 0.185. The van der Waals surface area contributed by atoms with Crippen LogP contribution in [0.15, 0.2) is 21.1 Å². The molecule has 0 atom stereocenters. The zero-order valence-electron chi connectivity index (χ0n) is 21.6. The second-order valence-corrected chi connectivity index (χ2v) is 22.5. The third-order valence-corrected chi connectivity index (χ3v) is 16.9. The van der Waals surface area contributed by atoms with E-state index in [4.69, 9.17) is 8.85 Å². The molecule has 0 unspecified atom stereocenters. The highest BCUT2D eigenvalue weighted by molar-refractivity contribution is 9.11. The van der Waals surface area contributed by atoms with E-state index >= 15 is 0 Å². The molecule has 0 aromatic heterocycles. The summed E-state index contributed by atoms with van der Waals surface area (Å²) in [7, 11) is -3.41. The van der Waals surface area contributed by atoms with Gasteiger partial charge in [0.15, 0.2) is 16.6 Å². The van der Waals surface area contributed by atoms with Crippen molar-refractivity contribution in [3.63, 3.8) is 0 Å². The van der Waals surface area contributed by atoms with Crippen molar-refractivity contribution in [3.8, 4) is 23.7 Å². The molecular weight excluding hydrogens is 560 g/mol. The van der Waals surface area contributed by atoms with Crippen molar-refractivity contribution in [1.29, 1.82) is 0 Å². The molecule has 0 saturated heterocycles. The molecule has 0 amide bonds. The van der Waals surface area contributed by atoms with Gasteiger partial charge in [0, 0.05) is 46.1 Å². The number of rotatable bonds is 6. The monoisotopic (exact) mass is 598 g/mol. The Morgan fingerprint density at radius 1 is 0.688 bits per heavy atom. The molecular formula is C26H40Br2O2Si2. The summed E-state index contributed by atoms with van der Waals surface area (Å²) in [4.78, 5) is 0. The van der Waals surface area contributed by atoms with Gasteiger partial charge in [0.25, 0.3) is 0 Å².